The lowest BCUT2D eigenvalue weighted by Crippen LogP contribution is -2.11. The normalized spacial score (nSPS) is 20.2. The molecule has 0 nitrogen and oxygen atoms in total. The quantitative estimate of drug-likeness (QED) is 0.374. The average molecular weight is 275 g/mol. The Bertz CT molecular complexity index is 159. The molecule has 0 aromatic rings. The first kappa shape index (κ1) is 13.5. The first-order valence-electron chi connectivity index (χ1n) is 6.85. The Kier molecular flexibility index (Phi) is 6.26. The summed E-state index contributed by atoms with van der Waals surface area (Å²) < 4.78 is 0. The van der Waals surface area contributed by atoms with Gasteiger partial charge in [0.2, 0.25) is 0 Å². The second-order valence-corrected chi connectivity index (χ2v) is 6.72. The van der Waals surface area contributed by atoms with E-state index in [0.717, 1.165) is 4.83 Å². The molecule has 0 radical (unpaired) electrons. The Balaban J connectivity index is 1.89. The monoisotopic (exact) mass is 274 g/mol. The van der Waals surface area contributed by atoms with Crippen molar-refractivity contribution in [3.05, 3.63) is 0 Å². The average Bonchev–Trinajstić information content (AvgIpc) is 2.98. The van der Waals surface area contributed by atoms with Gasteiger partial charge >= 0.3 is 0 Å². The molecule has 0 spiro atoms. The summed E-state index contributed by atoms with van der Waals surface area (Å²) in [5.74, 6) is 0. The van der Waals surface area contributed by atoms with E-state index in [1.165, 1.54) is 64.2 Å². The molecule has 0 aromatic carbocycles. The topological polar surface area (TPSA) is 0 Å². The summed E-state index contributed by atoms with van der Waals surface area (Å²) in [6.45, 7) is 4.61. The van der Waals surface area contributed by atoms with Crippen LogP contribution in [0.5, 0.6) is 0 Å². The Morgan fingerprint density at radius 2 is 1.53 bits per heavy atom. The maximum absolute atomic E-state index is 3.76. The summed E-state index contributed by atoms with van der Waals surface area (Å²) in [6.07, 6.45) is 14.5. The van der Waals surface area contributed by atoms with Crippen molar-refractivity contribution in [1.82, 2.24) is 0 Å². The van der Waals surface area contributed by atoms with Crippen LogP contribution in [0.25, 0.3) is 0 Å². The Morgan fingerprint density at radius 1 is 1.00 bits per heavy atom. The lowest BCUT2D eigenvalue weighted by molar-refractivity contribution is 0.432. The van der Waals surface area contributed by atoms with Gasteiger partial charge in [0.05, 0.1) is 0 Å². The van der Waals surface area contributed by atoms with Gasteiger partial charge in [-0.25, -0.2) is 0 Å². The van der Waals surface area contributed by atoms with E-state index in [4.69, 9.17) is 0 Å². The molecule has 1 saturated carbocycles. The van der Waals surface area contributed by atoms with Gasteiger partial charge in [-0.05, 0) is 24.7 Å². The van der Waals surface area contributed by atoms with Crippen molar-refractivity contribution < 1.29 is 0 Å². The molecule has 0 aliphatic heterocycles. The van der Waals surface area contributed by atoms with Gasteiger partial charge in [-0.2, -0.15) is 0 Å². The highest BCUT2D eigenvalue weighted by molar-refractivity contribution is 9.09. The molecule has 1 aliphatic rings. The molecule has 15 heavy (non-hydrogen) atoms. The molecule has 0 bridgehead atoms. The van der Waals surface area contributed by atoms with Crippen molar-refractivity contribution >= 4 is 15.9 Å². The zero-order valence-electron chi connectivity index (χ0n) is 10.5. The summed E-state index contributed by atoms with van der Waals surface area (Å²) in [4.78, 5) is 0.741. The summed E-state index contributed by atoms with van der Waals surface area (Å²) >= 11 is 3.76. The van der Waals surface area contributed by atoms with Crippen LogP contribution in [0.4, 0.5) is 0 Å². The van der Waals surface area contributed by atoms with Crippen LogP contribution in [-0.2, 0) is 0 Å². The predicted molar refractivity (Wildman–Crippen MR) is 72.7 cm³/mol. The van der Waals surface area contributed by atoms with E-state index in [1.807, 2.05) is 0 Å². The molecule has 1 fully saturated rings. The molecule has 0 heterocycles. The van der Waals surface area contributed by atoms with Crippen LogP contribution in [0, 0.1) is 5.41 Å². The summed E-state index contributed by atoms with van der Waals surface area (Å²) in [6, 6.07) is 0. The molecule has 1 aliphatic carbocycles. The number of hydrogen-bond acceptors (Lipinski definition) is 0. The van der Waals surface area contributed by atoms with Crippen LogP contribution >= 0.6 is 15.9 Å². The highest BCUT2D eigenvalue weighted by atomic mass is 79.9. The van der Waals surface area contributed by atoms with Gasteiger partial charge in [0.25, 0.3) is 0 Å². The van der Waals surface area contributed by atoms with Crippen molar-refractivity contribution in [3.63, 3.8) is 0 Å². The minimum absolute atomic E-state index is 0.712. The van der Waals surface area contributed by atoms with Crippen molar-refractivity contribution in [2.75, 3.05) is 0 Å². The van der Waals surface area contributed by atoms with Crippen LogP contribution in [0.1, 0.15) is 78.1 Å². The van der Waals surface area contributed by atoms with Gasteiger partial charge in [-0.15, -0.1) is 0 Å². The fourth-order valence-corrected chi connectivity index (χ4v) is 3.13. The van der Waals surface area contributed by atoms with Gasteiger partial charge in [0, 0.05) is 4.83 Å². The largest absolute Gasteiger partial charge is 0.0888 e. The van der Waals surface area contributed by atoms with Crippen LogP contribution in [0.3, 0.4) is 0 Å². The van der Waals surface area contributed by atoms with E-state index < -0.39 is 0 Å². The van der Waals surface area contributed by atoms with E-state index in [1.54, 1.807) is 0 Å². The zero-order chi connectivity index (χ0) is 11.1. The van der Waals surface area contributed by atoms with E-state index in [-0.39, 0.29) is 0 Å². The zero-order valence-corrected chi connectivity index (χ0v) is 12.1. The van der Waals surface area contributed by atoms with Gasteiger partial charge in [-0.3, -0.25) is 0 Å². The minimum atomic E-state index is 0.712. The highest BCUT2D eigenvalue weighted by Crippen LogP contribution is 2.55. The van der Waals surface area contributed by atoms with Crippen molar-refractivity contribution in [2.24, 2.45) is 5.41 Å². The first-order chi connectivity index (χ1) is 7.21. The van der Waals surface area contributed by atoms with Crippen LogP contribution in [-0.4, -0.2) is 4.83 Å². The third-order valence-electron chi connectivity index (χ3n) is 4.01. The fourth-order valence-electron chi connectivity index (χ4n) is 2.44. The molecule has 0 saturated heterocycles. The number of rotatable bonds is 9. The summed E-state index contributed by atoms with van der Waals surface area (Å²) in [5, 5.41) is 0. The SMILES string of the molecule is CCCCCCCCCC1(C(C)Br)CC1. The first-order valence-corrected chi connectivity index (χ1v) is 7.77. The smallest absolute Gasteiger partial charge is 0.0173 e. The molecule has 1 heteroatoms. The molecular weight excluding hydrogens is 248 g/mol. The van der Waals surface area contributed by atoms with Crippen LogP contribution < -0.4 is 0 Å². The molecule has 0 N–H and O–H groups in total. The van der Waals surface area contributed by atoms with Crippen molar-refractivity contribution in [2.45, 2.75) is 82.9 Å². The number of alkyl halides is 1. The predicted octanol–water partition coefficient (Wildman–Crippen LogP) is 5.69. The molecule has 0 amide bonds. The van der Waals surface area contributed by atoms with Gasteiger partial charge < -0.3 is 0 Å². The Hall–Kier alpha value is 0.480. The van der Waals surface area contributed by atoms with Gasteiger partial charge in [-0.1, -0.05) is 74.7 Å². The second kappa shape index (κ2) is 6.93. The van der Waals surface area contributed by atoms with Gasteiger partial charge in [0.1, 0.15) is 0 Å². The maximum atomic E-state index is 3.76. The van der Waals surface area contributed by atoms with Gasteiger partial charge in [0.15, 0.2) is 0 Å². The van der Waals surface area contributed by atoms with E-state index >= 15 is 0 Å². The van der Waals surface area contributed by atoms with E-state index in [0.29, 0.717) is 5.41 Å². The summed E-state index contributed by atoms with van der Waals surface area (Å²) in [5.41, 5.74) is 0.712. The lowest BCUT2D eigenvalue weighted by Gasteiger charge is -2.17. The second-order valence-electron chi connectivity index (χ2n) is 5.35. The van der Waals surface area contributed by atoms with Crippen LogP contribution in [0.15, 0.2) is 0 Å². The number of unbranched alkanes of at least 4 members (excludes halogenated alkanes) is 6. The number of hydrogen-bond donors (Lipinski definition) is 0. The maximum Gasteiger partial charge on any atom is 0.0173 e. The Morgan fingerprint density at radius 3 is 2.00 bits per heavy atom. The third kappa shape index (κ3) is 4.89. The molecule has 90 valence electrons. The fraction of sp³-hybridized carbons (Fsp3) is 1.00. The minimum Gasteiger partial charge on any atom is -0.0888 e. The highest BCUT2D eigenvalue weighted by Gasteiger charge is 2.45. The molecular formula is C14H27Br. The number of halogens is 1. The molecule has 1 atom stereocenters. The van der Waals surface area contributed by atoms with E-state index in [9.17, 15) is 0 Å². The molecule has 1 rings (SSSR count). The molecule has 1 unspecified atom stereocenters. The van der Waals surface area contributed by atoms with Crippen molar-refractivity contribution in [3.8, 4) is 0 Å². The standard InChI is InChI=1S/C14H27Br/c1-3-4-5-6-7-8-9-10-14(11-12-14)13(2)15/h13H,3-12H2,1-2H3. The lowest BCUT2D eigenvalue weighted by atomic mass is 9.95. The molecule has 0 aromatic heterocycles. The third-order valence-corrected chi connectivity index (χ3v) is 4.99. The van der Waals surface area contributed by atoms with Crippen LogP contribution in [0.2, 0.25) is 0 Å². The van der Waals surface area contributed by atoms with Crippen molar-refractivity contribution in [1.29, 1.82) is 0 Å². The Labute approximate surface area is 104 Å². The summed E-state index contributed by atoms with van der Waals surface area (Å²) in [7, 11) is 0. The van der Waals surface area contributed by atoms with E-state index in [2.05, 4.69) is 29.8 Å².